The molecule has 0 aliphatic carbocycles. The first-order valence-corrected chi connectivity index (χ1v) is 9.86. The highest BCUT2D eigenvalue weighted by atomic mass is 32.1. The van der Waals surface area contributed by atoms with Crippen molar-refractivity contribution in [3.63, 3.8) is 0 Å². The SMILES string of the molecule is CCOC(=S)C(C)Cc1ccc(OC(C)c2nc3ccc(OC)cc3[nH]2)cc1. The van der Waals surface area contributed by atoms with Crippen LogP contribution >= 0.6 is 12.2 Å². The van der Waals surface area contributed by atoms with E-state index in [2.05, 4.69) is 29.0 Å². The maximum absolute atomic E-state index is 6.06. The molecule has 28 heavy (non-hydrogen) atoms. The zero-order valence-electron chi connectivity index (χ0n) is 16.7. The van der Waals surface area contributed by atoms with Gasteiger partial charge in [-0.3, -0.25) is 0 Å². The predicted octanol–water partition coefficient (Wildman–Crippen LogP) is 5.25. The van der Waals surface area contributed by atoms with E-state index in [-0.39, 0.29) is 12.0 Å². The topological polar surface area (TPSA) is 56.4 Å². The zero-order chi connectivity index (χ0) is 20.1. The molecule has 2 atom stereocenters. The van der Waals surface area contributed by atoms with E-state index in [9.17, 15) is 0 Å². The normalized spacial score (nSPS) is 13.1. The molecular weight excluding hydrogens is 372 g/mol. The zero-order valence-corrected chi connectivity index (χ0v) is 17.5. The summed E-state index contributed by atoms with van der Waals surface area (Å²) in [5, 5.41) is 0.665. The van der Waals surface area contributed by atoms with E-state index < -0.39 is 0 Å². The monoisotopic (exact) mass is 398 g/mol. The van der Waals surface area contributed by atoms with E-state index in [0.717, 1.165) is 34.8 Å². The minimum Gasteiger partial charge on any atom is -0.497 e. The van der Waals surface area contributed by atoms with Gasteiger partial charge >= 0.3 is 0 Å². The summed E-state index contributed by atoms with van der Waals surface area (Å²) in [5.74, 6) is 2.58. The Labute approximate surface area is 171 Å². The Kier molecular flexibility index (Phi) is 6.52. The molecule has 148 valence electrons. The van der Waals surface area contributed by atoms with Crippen molar-refractivity contribution in [2.24, 2.45) is 5.92 Å². The third-order valence-corrected chi connectivity index (χ3v) is 5.08. The van der Waals surface area contributed by atoms with Crippen molar-refractivity contribution >= 4 is 28.3 Å². The Bertz CT molecular complexity index is 937. The average molecular weight is 399 g/mol. The van der Waals surface area contributed by atoms with Crippen LogP contribution in [0.25, 0.3) is 11.0 Å². The van der Waals surface area contributed by atoms with Gasteiger partial charge in [0.05, 0.1) is 24.8 Å². The molecule has 1 heterocycles. The summed E-state index contributed by atoms with van der Waals surface area (Å²) in [6.07, 6.45) is 0.647. The van der Waals surface area contributed by atoms with E-state index >= 15 is 0 Å². The lowest BCUT2D eigenvalue weighted by atomic mass is 10.0. The molecule has 2 aromatic carbocycles. The Morgan fingerprint density at radius 2 is 1.82 bits per heavy atom. The fourth-order valence-electron chi connectivity index (χ4n) is 3.01. The Morgan fingerprint density at radius 1 is 1.11 bits per heavy atom. The number of fused-ring (bicyclic) bond motifs is 1. The summed E-state index contributed by atoms with van der Waals surface area (Å²) in [6.45, 7) is 6.62. The molecule has 0 fully saturated rings. The molecule has 3 aromatic rings. The predicted molar refractivity (Wildman–Crippen MR) is 115 cm³/mol. The van der Waals surface area contributed by atoms with Gasteiger partial charge in [0.25, 0.3) is 0 Å². The number of nitrogens with one attached hydrogen (secondary N) is 1. The van der Waals surface area contributed by atoms with E-state index in [1.807, 2.05) is 44.2 Å². The van der Waals surface area contributed by atoms with Gasteiger partial charge < -0.3 is 19.2 Å². The molecular formula is C22H26N2O3S. The smallest absolute Gasteiger partial charge is 0.162 e. The summed E-state index contributed by atoms with van der Waals surface area (Å²) < 4.78 is 16.7. The van der Waals surface area contributed by atoms with Crippen LogP contribution in [0.1, 0.15) is 38.3 Å². The third kappa shape index (κ3) is 4.81. The van der Waals surface area contributed by atoms with Gasteiger partial charge in [0, 0.05) is 12.0 Å². The van der Waals surface area contributed by atoms with Gasteiger partial charge in [-0.15, -0.1) is 0 Å². The molecule has 0 bridgehead atoms. The number of nitrogens with zero attached hydrogens (tertiary/aromatic N) is 1. The molecule has 5 nitrogen and oxygen atoms in total. The second kappa shape index (κ2) is 9.06. The number of benzene rings is 2. The highest BCUT2D eigenvalue weighted by Crippen LogP contribution is 2.25. The lowest BCUT2D eigenvalue weighted by Gasteiger charge is -2.15. The van der Waals surface area contributed by atoms with Crippen LogP contribution in [0.4, 0.5) is 0 Å². The summed E-state index contributed by atoms with van der Waals surface area (Å²) in [4.78, 5) is 7.92. The first kappa shape index (κ1) is 20.1. The minimum atomic E-state index is -0.200. The van der Waals surface area contributed by atoms with Crippen LogP contribution < -0.4 is 9.47 Å². The van der Waals surface area contributed by atoms with Gasteiger partial charge in [-0.1, -0.05) is 19.1 Å². The van der Waals surface area contributed by atoms with Gasteiger partial charge in [-0.25, -0.2) is 4.98 Å². The Morgan fingerprint density at radius 3 is 2.50 bits per heavy atom. The number of aromatic amines is 1. The average Bonchev–Trinajstić information content (AvgIpc) is 3.13. The molecule has 0 spiro atoms. The van der Waals surface area contributed by atoms with E-state index in [1.165, 1.54) is 5.56 Å². The van der Waals surface area contributed by atoms with Crippen molar-refractivity contribution in [1.82, 2.24) is 9.97 Å². The maximum atomic E-state index is 6.06. The van der Waals surface area contributed by atoms with Crippen LogP contribution in [-0.2, 0) is 11.2 Å². The third-order valence-electron chi connectivity index (χ3n) is 4.56. The van der Waals surface area contributed by atoms with Crippen molar-refractivity contribution in [1.29, 1.82) is 0 Å². The van der Waals surface area contributed by atoms with Crippen molar-refractivity contribution in [3.05, 3.63) is 53.9 Å². The highest BCUT2D eigenvalue weighted by Gasteiger charge is 2.14. The van der Waals surface area contributed by atoms with Crippen LogP contribution in [-0.4, -0.2) is 28.7 Å². The van der Waals surface area contributed by atoms with Crippen molar-refractivity contribution in [2.75, 3.05) is 13.7 Å². The summed E-state index contributed by atoms with van der Waals surface area (Å²) >= 11 is 5.29. The number of H-pyrrole nitrogens is 1. The number of hydrogen-bond acceptors (Lipinski definition) is 5. The molecule has 6 heteroatoms. The molecule has 0 saturated carbocycles. The molecule has 0 amide bonds. The molecule has 3 rings (SSSR count). The summed E-state index contributed by atoms with van der Waals surface area (Å²) in [5.41, 5.74) is 3.02. The fraction of sp³-hybridized carbons (Fsp3) is 0.364. The van der Waals surface area contributed by atoms with Crippen molar-refractivity contribution in [3.8, 4) is 11.5 Å². The number of ether oxygens (including phenoxy) is 3. The number of aromatic nitrogens is 2. The lowest BCUT2D eigenvalue weighted by Crippen LogP contribution is -2.14. The van der Waals surface area contributed by atoms with Crippen LogP contribution in [0.5, 0.6) is 11.5 Å². The van der Waals surface area contributed by atoms with Crippen LogP contribution in [0.15, 0.2) is 42.5 Å². The second-order valence-corrected chi connectivity index (χ2v) is 7.17. The molecule has 2 unspecified atom stereocenters. The van der Waals surface area contributed by atoms with Gasteiger partial charge in [-0.05, 0) is 62.3 Å². The first-order valence-electron chi connectivity index (χ1n) is 9.46. The number of imidazole rings is 1. The lowest BCUT2D eigenvalue weighted by molar-refractivity contribution is 0.218. The maximum Gasteiger partial charge on any atom is 0.162 e. The van der Waals surface area contributed by atoms with Gasteiger partial charge in [0.15, 0.2) is 11.2 Å². The number of thiocarbonyl (C=S) groups is 1. The summed E-state index contributed by atoms with van der Waals surface area (Å²) in [7, 11) is 1.65. The molecule has 0 aliphatic heterocycles. The molecule has 0 saturated heterocycles. The van der Waals surface area contributed by atoms with Crippen LogP contribution in [0.2, 0.25) is 0 Å². The quantitative estimate of drug-likeness (QED) is 0.525. The molecule has 0 radical (unpaired) electrons. The van der Waals surface area contributed by atoms with E-state index in [1.54, 1.807) is 7.11 Å². The van der Waals surface area contributed by atoms with Gasteiger partial charge in [0.1, 0.15) is 17.3 Å². The van der Waals surface area contributed by atoms with Gasteiger partial charge in [-0.2, -0.15) is 0 Å². The number of rotatable bonds is 8. The van der Waals surface area contributed by atoms with Gasteiger partial charge in [0.2, 0.25) is 0 Å². The minimum absolute atomic E-state index is 0.200. The second-order valence-electron chi connectivity index (χ2n) is 6.77. The van der Waals surface area contributed by atoms with Crippen LogP contribution in [0.3, 0.4) is 0 Å². The standard InChI is InChI=1S/C22H26N2O3S/c1-5-26-22(28)14(2)12-16-6-8-17(9-7-16)27-15(3)21-23-19-11-10-18(25-4)13-20(19)24-21/h6-11,13-15H,5,12H2,1-4H3,(H,23,24). The highest BCUT2D eigenvalue weighted by molar-refractivity contribution is 7.80. The van der Waals surface area contributed by atoms with Crippen LogP contribution in [0, 0.1) is 5.92 Å². The molecule has 0 aliphatic rings. The first-order chi connectivity index (χ1) is 13.5. The van der Waals surface area contributed by atoms with Crippen molar-refractivity contribution in [2.45, 2.75) is 33.3 Å². The number of methoxy groups -OCH3 is 1. The molecule has 1 N–H and O–H groups in total. The Hall–Kier alpha value is -2.60. The molecule has 1 aromatic heterocycles. The summed E-state index contributed by atoms with van der Waals surface area (Å²) in [6, 6.07) is 13.9. The largest absolute Gasteiger partial charge is 0.497 e. The van der Waals surface area contributed by atoms with E-state index in [4.69, 9.17) is 26.4 Å². The van der Waals surface area contributed by atoms with Crippen molar-refractivity contribution < 1.29 is 14.2 Å². The van der Waals surface area contributed by atoms with E-state index in [0.29, 0.717) is 11.7 Å². The Balaban J connectivity index is 1.64. The number of hydrogen-bond donors (Lipinski definition) is 1. The fourth-order valence-corrected chi connectivity index (χ4v) is 3.21.